The standard InChI is InChI=1S/C16H16ClN3O5/c1-24-15(22)7-14(21)20(9-11-4-3-5-18-8-11)19-10-12(17)6-13(19)16(23)25-2/h3-6,8,10H,7,9H2,1-2H3. The summed E-state index contributed by atoms with van der Waals surface area (Å²) in [6.45, 7) is 0.0681. The van der Waals surface area contributed by atoms with E-state index in [0.29, 0.717) is 5.56 Å². The molecule has 0 saturated heterocycles. The van der Waals surface area contributed by atoms with E-state index < -0.39 is 24.3 Å². The van der Waals surface area contributed by atoms with E-state index in [2.05, 4.69) is 9.72 Å². The van der Waals surface area contributed by atoms with Crippen LogP contribution in [0.15, 0.2) is 36.8 Å². The quantitative estimate of drug-likeness (QED) is 0.570. The molecular formula is C16H16ClN3O5. The smallest absolute Gasteiger partial charge is 0.356 e. The zero-order chi connectivity index (χ0) is 18.4. The van der Waals surface area contributed by atoms with Crippen molar-refractivity contribution in [1.82, 2.24) is 9.66 Å². The van der Waals surface area contributed by atoms with Gasteiger partial charge >= 0.3 is 11.9 Å². The molecule has 0 N–H and O–H groups in total. The van der Waals surface area contributed by atoms with Gasteiger partial charge in [-0.2, -0.15) is 0 Å². The molecule has 2 aromatic heterocycles. The molecule has 0 atom stereocenters. The fourth-order valence-electron chi connectivity index (χ4n) is 2.11. The van der Waals surface area contributed by atoms with Crippen molar-refractivity contribution in [3.05, 3.63) is 53.1 Å². The Morgan fingerprint density at radius 2 is 2.04 bits per heavy atom. The molecule has 0 fully saturated rings. The predicted octanol–water partition coefficient (Wildman–Crippen LogP) is 1.55. The lowest BCUT2D eigenvalue weighted by atomic mass is 10.2. The Morgan fingerprint density at radius 3 is 2.64 bits per heavy atom. The van der Waals surface area contributed by atoms with Crippen LogP contribution >= 0.6 is 11.6 Å². The summed E-state index contributed by atoms with van der Waals surface area (Å²) in [7, 11) is 2.41. The Labute approximate surface area is 148 Å². The third-order valence-corrected chi connectivity index (χ3v) is 3.49. The first kappa shape index (κ1) is 18.5. The number of hydrogen-bond donors (Lipinski definition) is 0. The molecule has 2 rings (SSSR count). The van der Waals surface area contributed by atoms with Crippen LogP contribution < -0.4 is 5.01 Å². The van der Waals surface area contributed by atoms with Crippen molar-refractivity contribution in [2.75, 3.05) is 19.2 Å². The number of pyridine rings is 1. The van der Waals surface area contributed by atoms with Crippen LogP contribution in [0, 0.1) is 0 Å². The van der Waals surface area contributed by atoms with E-state index in [1.165, 1.54) is 36.2 Å². The largest absolute Gasteiger partial charge is 0.469 e. The first-order chi connectivity index (χ1) is 12.0. The highest BCUT2D eigenvalue weighted by Crippen LogP contribution is 2.18. The number of esters is 2. The third-order valence-electron chi connectivity index (χ3n) is 3.29. The van der Waals surface area contributed by atoms with Gasteiger partial charge in [-0.25, -0.2) is 14.5 Å². The number of ether oxygens (including phenoxy) is 2. The van der Waals surface area contributed by atoms with Crippen LogP contribution in [-0.2, 0) is 25.6 Å². The molecule has 2 aromatic rings. The molecule has 9 heteroatoms. The number of carbonyl (C=O) groups is 3. The van der Waals surface area contributed by atoms with E-state index in [-0.39, 0.29) is 17.3 Å². The SMILES string of the molecule is COC(=O)CC(=O)N(Cc1cccnc1)n1cc(Cl)cc1C(=O)OC. The van der Waals surface area contributed by atoms with Gasteiger partial charge in [0, 0.05) is 18.6 Å². The summed E-state index contributed by atoms with van der Waals surface area (Å²) in [6.07, 6.45) is 4.06. The second-order valence-corrected chi connectivity index (χ2v) is 5.38. The highest BCUT2D eigenvalue weighted by Gasteiger charge is 2.25. The van der Waals surface area contributed by atoms with Gasteiger partial charge < -0.3 is 9.47 Å². The number of aromatic nitrogens is 2. The Hall–Kier alpha value is -2.87. The van der Waals surface area contributed by atoms with Gasteiger partial charge in [0.2, 0.25) is 0 Å². The summed E-state index contributed by atoms with van der Waals surface area (Å²) in [5, 5.41) is 1.44. The van der Waals surface area contributed by atoms with Gasteiger partial charge in [0.25, 0.3) is 5.91 Å². The molecule has 2 heterocycles. The number of hydrogen-bond acceptors (Lipinski definition) is 6. The van der Waals surface area contributed by atoms with Crippen molar-refractivity contribution < 1.29 is 23.9 Å². The summed E-state index contributed by atoms with van der Waals surface area (Å²) >= 11 is 5.98. The fraction of sp³-hybridized carbons (Fsp3) is 0.250. The Morgan fingerprint density at radius 1 is 1.28 bits per heavy atom. The van der Waals surface area contributed by atoms with Crippen LogP contribution in [0.2, 0.25) is 5.02 Å². The van der Waals surface area contributed by atoms with Gasteiger partial charge in [0.05, 0.1) is 25.8 Å². The average Bonchev–Trinajstić information content (AvgIpc) is 3.01. The minimum atomic E-state index is -0.695. The zero-order valence-corrected chi connectivity index (χ0v) is 14.4. The van der Waals surface area contributed by atoms with E-state index in [1.807, 2.05) is 0 Å². The van der Waals surface area contributed by atoms with Gasteiger partial charge in [0.1, 0.15) is 12.1 Å². The van der Waals surface area contributed by atoms with Gasteiger partial charge in [-0.1, -0.05) is 17.7 Å². The lowest BCUT2D eigenvalue weighted by Gasteiger charge is -2.25. The van der Waals surface area contributed by atoms with Crippen molar-refractivity contribution in [2.45, 2.75) is 13.0 Å². The first-order valence-corrected chi connectivity index (χ1v) is 7.56. The summed E-state index contributed by atoms with van der Waals surface area (Å²) in [5.41, 5.74) is 0.746. The first-order valence-electron chi connectivity index (χ1n) is 7.18. The number of amides is 1. The van der Waals surface area contributed by atoms with Crippen LogP contribution in [0.3, 0.4) is 0 Å². The number of halogens is 1. The molecule has 25 heavy (non-hydrogen) atoms. The van der Waals surface area contributed by atoms with E-state index in [1.54, 1.807) is 24.5 Å². The van der Waals surface area contributed by atoms with Crippen molar-refractivity contribution in [3.8, 4) is 0 Å². The highest BCUT2D eigenvalue weighted by molar-refractivity contribution is 6.31. The summed E-state index contributed by atoms with van der Waals surface area (Å²) in [4.78, 5) is 40.0. The molecule has 0 aliphatic heterocycles. The minimum absolute atomic E-state index is 0.0506. The molecule has 132 valence electrons. The molecule has 1 amide bonds. The minimum Gasteiger partial charge on any atom is -0.469 e. The monoisotopic (exact) mass is 365 g/mol. The van der Waals surface area contributed by atoms with Crippen LogP contribution in [0.1, 0.15) is 22.5 Å². The summed E-state index contributed by atoms with van der Waals surface area (Å²) < 4.78 is 10.5. The second-order valence-electron chi connectivity index (χ2n) is 4.95. The number of rotatable bonds is 6. The lowest BCUT2D eigenvalue weighted by molar-refractivity contribution is -0.143. The van der Waals surface area contributed by atoms with Crippen molar-refractivity contribution in [2.24, 2.45) is 0 Å². The maximum Gasteiger partial charge on any atom is 0.356 e. The van der Waals surface area contributed by atoms with Crippen LogP contribution in [-0.4, -0.2) is 41.7 Å². The molecule has 0 aliphatic carbocycles. The maximum absolute atomic E-state index is 12.6. The van der Waals surface area contributed by atoms with Gasteiger partial charge in [-0.15, -0.1) is 0 Å². The Balaban J connectivity index is 2.42. The molecule has 0 saturated carbocycles. The predicted molar refractivity (Wildman–Crippen MR) is 88.6 cm³/mol. The number of methoxy groups -OCH3 is 2. The molecule has 0 aliphatic rings. The normalized spacial score (nSPS) is 10.2. The van der Waals surface area contributed by atoms with Gasteiger partial charge in [-0.3, -0.25) is 14.6 Å². The molecule has 0 unspecified atom stereocenters. The van der Waals surface area contributed by atoms with Crippen molar-refractivity contribution in [1.29, 1.82) is 0 Å². The highest BCUT2D eigenvalue weighted by atomic mass is 35.5. The number of carbonyl (C=O) groups excluding carboxylic acids is 3. The van der Waals surface area contributed by atoms with E-state index in [4.69, 9.17) is 16.3 Å². The molecule has 0 bridgehead atoms. The van der Waals surface area contributed by atoms with Gasteiger partial charge in [0.15, 0.2) is 0 Å². The molecule has 0 aromatic carbocycles. The molecular weight excluding hydrogens is 350 g/mol. The summed E-state index contributed by atoms with van der Waals surface area (Å²) in [6, 6.07) is 4.84. The van der Waals surface area contributed by atoms with Crippen LogP contribution in [0.4, 0.5) is 0 Å². The molecule has 8 nitrogen and oxygen atoms in total. The maximum atomic E-state index is 12.6. The van der Waals surface area contributed by atoms with E-state index in [9.17, 15) is 14.4 Å². The molecule has 0 radical (unpaired) electrons. The average molecular weight is 366 g/mol. The van der Waals surface area contributed by atoms with Crippen LogP contribution in [0.25, 0.3) is 0 Å². The molecule has 0 spiro atoms. The van der Waals surface area contributed by atoms with Crippen LogP contribution in [0.5, 0.6) is 0 Å². The van der Waals surface area contributed by atoms with Crippen molar-refractivity contribution >= 4 is 29.4 Å². The Bertz CT molecular complexity index is 775. The van der Waals surface area contributed by atoms with E-state index >= 15 is 0 Å². The topological polar surface area (TPSA) is 90.7 Å². The lowest BCUT2D eigenvalue weighted by Crippen LogP contribution is -2.42. The van der Waals surface area contributed by atoms with Crippen molar-refractivity contribution in [3.63, 3.8) is 0 Å². The van der Waals surface area contributed by atoms with E-state index in [0.717, 1.165) is 0 Å². The Kier molecular flexibility index (Phi) is 6.13. The number of nitrogens with zero attached hydrogens (tertiary/aromatic N) is 3. The third kappa shape index (κ3) is 4.57. The second kappa shape index (κ2) is 8.29. The zero-order valence-electron chi connectivity index (χ0n) is 13.6. The van der Waals surface area contributed by atoms with Gasteiger partial charge in [-0.05, 0) is 17.7 Å². The fourth-order valence-corrected chi connectivity index (χ4v) is 2.31. The summed E-state index contributed by atoms with van der Waals surface area (Å²) in [5.74, 6) is -1.94.